The van der Waals surface area contributed by atoms with Gasteiger partial charge >= 0.3 is 166 Å². The van der Waals surface area contributed by atoms with Crippen LogP contribution in [0, 0.1) is 0 Å². The van der Waals surface area contributed by atoms with Gasteiger partial charge in [-0.2, -0.15) is 0 Å². The average molecular weight is 486 g/mol. The van der Waals surface area contributed by atoms with E-state index >= 15 is 0 Å². The summed E-state index contributed by atoms with van der Waals surface area (Å²) in [6.07, 6.45) is -11.3. The van der Waals surface area contributed by atoms with Gasteiger partial charge in [0.2, 0.25) is 0 Å². The van der Waals surface area contributed by atoms with E-state index < -0.39 is 35.1 Å². The molecule has 0 saturated heterocycles. The van der Waals surface area contributed by atoms with Crippen molar-refractivity contribution in [2.24, 2.45) is 0 Å². The summed E-state index contributed by atoms with van der Waals surface area (Å²) in [6.45, 7) is 3.40. The summed E-state index contributed by atoms with van der Waals surface area (Å²) in [5.41, 5.74) is -5.19. The summed E-state index contributed by atoms with van der Waals surface area (Å²) in [5, 5.41) is 0.399. The molecular weight excluding hydrogens is 468 g/mol. The Morgan fingerprint density at radius 2 is 1.32 bits per heavy atom. The first-order valence-corrected chi connectivity index (χ1v) is 12.6. The van der Waals surface area contributed by atoms with Crippen LogP contribution in [0.15, 0.2) is 54.6 Å². The van der Waals surface area contributed by atoms with Crippen LogP contribution in [-0.4, -0.2) is 31.4 Å². The van der Waals surface area contributed by atoms with Gasteiger partial charge in [-0.1, -0.05) is 0 Å². The third-order valence-electron chi connectivity index (χ3n) is 5.07. The molecule has 152 valence electrons. The fraction of sp³-hybridized carbons (Fsp3) is 0.368. The van der Waals surface area contributed by atoms with E-state index in [4.69, 9.17) is 4.52 Å². The second kappa shape index (κ2) is 6.73. The maximum atomic E-state index is 14.1. The Bertz CT molecular complexity index is 851. The van der Waals surface area contributed by atoms with Crippen LogP contribution in [0.25, 0.3) is 0 Å². The van der Waals surface area contributed by atoms with Crippen molar-refractivity contribution < 1.29 is 30.9 Å². The third-order valence-corrected chi connectivity index (χ3v) is 13.9. The molecule has 0 N–H and O–H groups in total. The molecule has 2 aromatic carbocycles. The van der Waals surface area contributed by atoms with Gasteiger partial charge in [-0.3, -0.25) is 0 Å². The van der Waals surface area contributed by atoms with Gasteiger partial charge in [-0.05, 0) is 0 Å². The van der Waals surface area contributed by atoms with Crippen molar-refractivity contribution in [1.82, 2.24) is 0 Å². The van der Waals surface area contributed by atoms with Crippen LogP contribution in [-0.2, 0) is 10.1 Å². The first-order chi connectivity index (χ1) is 12.9. The van der Waals surface area contributed by atoms with E-state index in [1.807, 2.05) is 5.82 Å². The molecule has 2 aromatic rings. The fourth-order valence-electron chi connectivity index (χ4n) is 3.59. The summed E-state index contributed by atoms with van der Waals surface area (Å²) in [4.78, 5) is 0. The molecule has 0 saturated carbocycles. The molecule has 0 fully saturated rings. The van der Waals surface area contributed by atoms with E-state index in [1.165, 1.54) is 18.2 Å². The SMILES string of the molecule is C[Se]C(C)(C)[P+]1(c2ccccc2)OC(C(F)(F)F)(C(F)(F)F)c2ccccc21. The first-order valence-electron chi connectivity index (χ1n) is 8.29. The normalized spacial score (nSPS) is 22.2. The first kappa shape index (κ1) is 21.6. The monoisotopic (exact) mass is 487 g/mol. The molecule has 28 heavy (non-hydrogen) atoms. The van der Waals surface area contributed by atoms with Gasteiger partial charge in [-0.25, -0.2) is 0 Å². The van der Waals surface area contributed by atoms with E-state index in [0.717, 1.165) is 6.07 Å². The number of benzene rings is 2. The molecule has 1 atom stereocenters. The van der Waals surface area contributed by atoms with Crippen LogP contribution >= 0.6 is 7.49 Å². The Morgan fingerprint density at radius 1 is 0.821 bits per heavy atom. The molecule has 1 nitrogen and oxygen atoms in total. The summed E-state index contributed by atoms with van der Waals surface area (Å²) in [6, 6.07) is 13.0. The molecule has 1 aliphatic heterocycles. The zero-order valence-corrected chi connectivity index (χ0v) is 17.8. The summed E-state index contributed by atoms with van der Waals surface area (Å²) in [7, 11) is -3.52. The average Bonchev–Trinajstić information content (AvgIpc) is 2.96. The number of fused-ring (bicyclic) bond motifs is 1. The standard InChI is InChI=1S/C19H18F6OPSe/c1-16(2,28-3)27(13-9-5-4-6-10-13)15-12-8-7-11-14(15)17(26-27,18(20,21)22)19(23,24)25/h4-12H,1-3H3/q+1. The zero-order chi connectivity index (χ0) is 21.0. The summed E-state index contributed by atoms with van der Waals surface area (Å²) >= 11 is -0.295. The van der Waals surface area contributed by atoms with Crippen LogP contribution in [0.2, 0.25) is 5.82 Å². The molecule has 0 aromatic heterocycles. The minimum absolute atomic E-state index is 0.0181. The Labute approximate surface area is 166 Å². The van der Waals surface area contributed by atoms with Crippen molar-refractivity contribution in [2.75, 3.05) is 0 Å². The van der Waals surface area contributed by atoms with Gasteiger partial charge in [0.05, 0.1) is 0 Å². The Kier molecular flexibility index (Phi) is 5.20. The summed E-state index contributed by atoms with van der Waals surface area (Å²) in [5.74, 6) is 1.81. The second-order valence-electron chi connectivity index (χ2n) is 6.88. The van der Waals surface area contributed by atoms with Crippen molar-refractivity contribution in [1.29, 1.82) is 0 Å². The third kappa shape index (κ3) is 2.76. The molecule has 0 radical (unpaired) electrons. The number of rotatable bonds is 3. The Hall–Kier alpha value is -1.07. The van der Waals surface area contributed by atoms with Gasteiger partial charge in [0.15, 0.2) is 0 Å². The van der Waals surface area contributed by atoms with E-state index in [9.17, 15) is 26.3 Å². The van der Waals surface area contributed by atoms with Crippen molar-refractivity contribution in [3.63, 3.8) is 0 Å². The van der Waals surface area contributed by atoms with Crippen molar-refractivity contribution in [2.45, 2.75) is 41.7 Å². The molecular formula is C19H18F6OPSe+. The Balaban J connectivity index is 2.49. The van der Waals surface area contributed by atoms with Crippen LogP contribution in [0.1, 0.15) is 19.4 Å². The quantitative estimate of drug-likeness (QED) is 0.321. The summed E-state index contributed by atoms with van der Waals surface area (Å²) < 4.78 is 89.3. The molecule has 3 rings (SSSR count). The van der Waals surface area contributed by atoms with Crippen molar-refractivity contribution in [3.8, 4) is 0 Å². The number of halogens is 6. The molecule has 9 heteroatoms. The van der Waals surface area contributed by atoms with Crippen LogP contribution in [0.3, 0.4) is 0 Å². The number of hydrogen-bond acceptors (Lipinski definition) is 1. The predicted octanol–water partition coefficient (Wildman–Crippen LogP) is 5.41. The van der Waals surface area contributed by atoms with Crippen molar-refractivity contribution >= 4 is 33.1 Å². The minimum atomic E-state index is -5.66. The van der Waals surface area contributed by atoms with Gasteiger partial charge in [0.25, 0.3) is 0 Å². The van der Waals surface area contributed by atoms with Gasteiger partial charge in [-0.15, -0.1) is 0 Å². The Morgan fingerprint density at radius 3 is 1.82 bits per heavy atom. The van der Waals surface area contributed by atoms with Crippen LogP contribution in [0.5, 0.6) is 0 Å². The topological polar surface area (TPSA) is 9.23 Å². The zero-order valence-electron chi connectivity index (χ0n) is 15.2. The van der Waals surface area contributed by atoms with Gasteiger partial charge < -0.3 is 0 Å². The molecule has 0 spiro atoms. The van der Waals surface area contributed by atoms with E-state index in [1.54, 1.807) is 44.2 Å². The molecule has 1 heterocycles. The van der Waals surface area contributed by atoms with Crippen LogP contribution in [0.4, 0.5) is 26.3 Å². The van der Waals surface area contributed by atoms with Gasteiger partial charge in [0, 0.05) is 0 Å². The number of alkyl halides is 6. The van der Waals surface area contributed by atoms with Crippen molar-refractivity contribution in [3.05, 3.63) is 60.2 Å². The molecule has 1 aliphatic rings. The molecule has 0 amide bonds. The predicted molar refractivity (Wildman–Crippen MR) is 99.6 cm³/mol. The van der Waals surface area contributed by atoms with Gasteiger partial charge in [0.1, 0.15) is 0 Å². The van der Waals surface area contributed by atoms with E-state index in [0.29, 0.717) is 5.30 Å². The fourth-order valence-corrected chi connectivity index (χ4v) is 11.1. The second-order valence-corrected chi connectivity index (χ2v) is 14.1. The molecule has 1 unspecified atom stereocenters. The van der Waals surface area contributed by atoms with E-state index in [-0.39, 0.29) is 20.3 Å². The van der Waals surface area contributed by atoms with E-state index in [2.05, 4.69) is 0 Å². The number of hydrogen-bond donors (Lipinski definition) is 0. The molecule has 0 aliphatic carbocycles. The molecule has 0 bridgehead atoms. The van der Waals surface area contributed by atoms with Crippen LogP contribution < -0.4 is 10.6 Å². The maximum absolute atomic E-state index is 14.1.